The first kappa shape index (κ1) is 25.1. The molecule has 2 heterocycles. The van der Waals surface area contributed by atoms with Gasteiger partial charge in [-0.15, -0.1) is 10.2 Å². The number of sulfonamides is 1. The van der Waals surface area contributed by atoms with Gasteiger partial charge in [-0.05, 0) is 42.3 Å². The molecule has 0 unspecified atom stereocenters. The van der Waals surface area contributed by atoms with Crippen LogP contribution in [0.25, 0.3) is 16.1 Å². The summed E-state index contributed by atoms with van der Waals surface area (Å²) in [6.45, 7) is 0.480. The Morgan fingerprint density at radius 1 is 1.03 bits per heavy atom. The summed E-state index contributed by atoms with van der Waals surface area (Å²) in [6, 6.07) is 9.49. The lowest BCUT2D eigenvalue weighted by Gasteiger charge is -2.25. The summed E-state index contributed by atoms with van der Waals surface area (Å²) in [7, 11) is -0.426. The third-order valence-electron chi connectivity index (χ3n) is 5.24. The lowest BCUT2D eigenvalue weighted by molar-refractivity contribution is 0.0828. The Balaban J connectivity index is 1.52. The topological polar surface area (TPSA) is 83.5 Å². The highest BCUT2D eigenvalue weighted by Gasteiger charge is 2.29. The van der Waals surface area contributed by atoms with Crippen LogP contribution in [0.3, 0.4) is 0 Å². The molecule has 178 valence electrons. The minimum Gasteiger partial charge on any atom is -0.345 e. The largest absolute Gasteiger partial charge is 0.345 e. The first-order valence-electron chi connectivity index (χ1n) is 10.1. The first-order chi connectivity index (χ1) is 16.1. The van der Waals surface area contributed by atoms with Gasteiger partial charge in [0, 0.05) is 37.8 Å². The summed E-state index contributed by atoms with van der Waals surface area (Å²) in [5.41, 5.74) is 2.09. The Bertz CT molecular complexity index is 1400. The van der Waals surface area contributed by atoms with E-state index in [1.54, 1.807) is 32.3 Å². The fourth-order valence-corrected chi connectivity index (χ4v) is 6.71. The monoisotopic (exact) mass is 556 g/mol. The maximum Gasteiger partial charge on any atom is 0.254 e. The molecule has 0 atom stereocenters. The molecule has 12 heteroatoms. The van der Waals surface area contributed by atoms with Crippen molar-refractivity contribution in [1.29, 1.82) is 0 Å². The van der Waals surface area contributed by atoms with E-state index >= 15 is 0 Å². The number of halogens is 3. The van der Waals surface area contributed by atoms with Crippen molar-refractivity contribution in [3.8, 4) is 10.6 Å². The molecule has 1 aliphatic rings. The zero-order valence-electron chi connectivity index (χ0n) is 18.1. The van der Waals surface area contributed by atoms with Crippen LogP contribution in [0.5, 0.6) is 0 Å². The van der Waals surface area contributed by atoms with Crippen LogP contribution in [0.2, 0.25) is 15.1 Å². The fourth-order valence-electron chi connectivity index (χ4n) is 3.42. The van der Waals surface area contributed by atoms with E-state index in [0.717, 1.165) is 11.1 Å². The van der Waals surface area contributed by atoms with Gasteiger partial charge in [-0.25, -0.2) is 8.42 Å². The summed E-state index contributed by atoms with van der Waals surface area (Å²) in [5, 5.41) is 10.7. The molecule has 0 bridgehead atoms. The molecule has 34 heavy (non-hydrogen) atoms. The summed E-state index contributed by atoms with van der Waals surface area (Å²) in [6.07, 6.45) is 2.32. The van der Waals surface area contributed by atoms with E-state index in [-0.39, 0.29) is 28.9 Å². The molecule has 1 aliphatic heterocycles. The molecule has 4 rings (SSSR count). The third-order valence-corrected chi connectivity index (χ3v) is 9.18. The van der Waals surface area contributed by atoms with Gasteiger partial charge < -0.3 is 4.90 Å². The summed E-state index contributed by atoms with van der Waals surface area (Å²) in [4.78, 5) is 13.7. The summed E-state index contributed by atoms with van der Waals surface area (Å²) in [5.74, 6) is -0.179. The number of hydrogen-bond donors (Lipinski definition) is 0. The maximum absolute atomic E-state index is 13.0. The molecule has 0 saturated carbocycles. The van der Waals surface area contributed by atoms with Gasteiger partial charge in [0.15, 0.2) is 0 Å². The summed E-state index contributed by atoms with van der Waals surface area (Å²) >= 11 is 19.7. The second-order valence-corrected chi connectivity index (χ2v) is 11.9. The minimum absolute atomic E-state index is 0.0293. The van der Waals surface area contributed by atoms with E-state index in [1.807, 2.05) is 6.08 Å². The van der Waals surface area contributed by atoms with Gasteiger partial charge in [-0.3, -0.25) is 4.79 Å². The van der Waals surface area contributed by atoms with Crippen LogP contribution in [0, 0.1) is 0 Å². The van der Waals surface area contributed by atoms with Crippen molar-refractivity contribution in [1.82, 2.24) is 19.4 Å². The highest BCUT2D eigenvalue weighted by Crippen LogP contribution is 2.34. The average molecular weight is 558 g/mol. The van der Waals surface area contributed by atoms with Gasteiger partial charge in [0.25, 0.3) is 5.91 Å². The quantitative estimate of drug-likeness (QED) is 0.423. The van der Waals surface area contributed by atoms with E-state index in [4.69, 9.17) is 34.8 Å². The predicted octanol–water partition coefficient (Wildman–Crippen LogP) is 5.35. The SMILES string of the molecule is CN(C)C(=O)c1ccc(-c2nnc(C3=CCN(S(=O)(=O)c4ccc(Cl)cc4Cl)CC3)s2)cc1Cl. The average Bonchev–Trinajstić information content (AvgIpc) is 3.28. The lowest BCUT2D eigenvalue weighted by Crippen LogP contribution is -2.34. The molecular weight excluding hydrogens is 539 g/mol. The molecule has 3 aromatic rings. The first-order valence-corrected chi connectivity index (χ1v) is 13.5. The van der Waals surface area contributed by atoms with Crippen molar-refractivity contribution in [2.75, 3.05) is 27.2 Å². The molecular formula is C22H19Cl3N4O3S2. The molecule has 0 fully saturated rings. The Kier molecular flexibility index (Phi) is 7.33. The highest BCUT2D eigenvalue weighted by molar-refractivity contribution is 7.89. The molecule has 7 nitrogen and oxygen atoms in total. The number of nitrogens with zero attached hydrogens (tertiary/aromatic N) is 4. The van der Waals surface area contributed by atoms with Crippen LogP contribution in [0.15, 0.2) is 47.4 Å². The molecule has 1 amide bonds. The number of aromatic nitrogens is 2. The Morgan fingerprint density at radius 3 is 2.38 bits per heavy atom. The normalized spacial score (nSPS) is 14.7. The van der Waals surface area contributed by atoms with Gasteiger partial charge in [0.1, 0.15) is 14.9 Å². The van der Waals surface area contributed by atoms with Crippen molar-refractivity contribution in [3.05, 3.63) is 68.1 Å². The van der Waals surface area contributed by atoms with Crippen LogP contribution in [-0.2, 0) is 10.0 Å². The minimum atomic E-state index is -3.76. The predicted molar refractivity (Wildman–Crippen MR) is 136 cm³/mol. The van der Waals surface area contributed by atoms with Gasteiger partial charge in [0.05, 0.1) is 15.6 Å². The molecule has 0 saturated heterocycles. The van der Waals surface area contributed by atoms with Gasteiger partial charge >= 0.3 is 0 Å². The smallest absolute Gasteiger partial charge is 0.254 e. The Morgan fingerprint density at radius 2 is 1.76 bits per heavy atom. The standard InChI is InChI=1S/C22H19Cl3N4O3S2/c1-28(2)22(30)16-5-3-14(11-17(16)24)21-27-26-20(33-21)13-7-9-29(10-8-13)34(31,32)19-6-4-15(23)12-18(19)25/h3-7,11-12H,8-10H2,1-2H3. The van der Waals surface area contributed by atoms with Crippen LogP contribution in [0.1, 0.15) is 21.8 Å². The zero-order valence-corrected chi connectivity index (χ0v) is 22.0. The second kappa shape index (κ2) is 9.93. The van der Waals surface area contributed by atoms with Crippen molar-refractivity contribution < 1.29 is 13.2 Å². The molecule has 0 aliphatic carbocycles. The maximum atomic E-state index is 13.0. The van der Waals surface area contributed by atoms with E-state index in [0.29, 0.717) is 32.0 Å². The van der Waals surface area contributed by atoms with Crippen molar-refractivity contribution in [2.24, 2.45) is 0 Å². The Labute approximate surface area is 216 Å². The number of benzene rings is 2. The zero-order chi connectivity index (χ0) is 24.6. The van der Waals surface area contributed by atoms with E-state index < -0.39 is 10.0 Å². The Hall–Kier alpha value is -2.01. The van der Waals surface area contributed by atoms with E-state index in [1.165, 1.54) is 38.7 Å². The van der Waals surface area contributed by atoms with Crippen LogP contribution in [-0.4, -0.2) is 60.9 Å². The number of carbonyl (C=O) groups is 1. The number of hydrogen-bond acceptors (Lipinski definition) is 6. The number of rotatable bonds is 5. The van der Waals surface area contributed by atoms with Crippen molar-refractivity contribution >= 4 is 67.6 Å². The summed E-state index contributed by atoms with van der Waals surface area (Å²) < 4.78 is 27.4. The molecule has 2 aromatic carbocycles. The number of carbonyl (C=O) groups excluding carboxylic acids is 1. The number of amides is 1. The highest BCUT2D eigenvalue weighted by atomic mass is 35.5. The van der Waals surface area contributed by atoms with Gasteiger partial charge in [0.2, 0.25) is 10.0 Å². The molecule has 0 radical (unpaired) electrons. The van der Waals surface area contributed by atoms with Gasteiger partial charge in [-0.1, -0.05) is 58.3 Å². The lowest BCUT2D eigenvalue weighted by atomic mass is 10.1. The fraction of sp³-hybridized carbons (Fsp3) is 0.227. The van der Waals surface area contributed by atoms with Crippen LogP contribution in [0.4, 0.5) is 0 Å². The molecule has 0 N–H and O–H groups in total. The van der Waals surface area contributed by atoms with Crippen LogP contribution < -0.4 is 0 Å². The van der Waals surface area contributed by atoms with Crippen LogP contribution >= 0.6 is 46.1 Å². The van der Waals surface area contributed by atoms with E-state index in [9.17, 15) is 13.2 Å². The molecule has 1 aromatic heterocycles. The third kappa shape index (κ3) is 5.00. The second-order valence-electron chi connectivity index (χ2n) is 7.72. The van der Waals surface area contributed by atoms with E-state index in [2.05, 4.69) is 10.2 Å². The van der Waals surface area contributed by atoms with Crippen molar-refractivity contribution in [2.45, 2.75) is 11.3 Å². The molecule has 0 spiro atoms. The van der Waals surface area contributed by atoms with Crippen molar-refractivity contribution in [3.63, 3.8) is 0 Å². The van der Waals surface area contributed by atoms with Gasteiger partial charge in [-0.2, -0.15) is 4.31 Å².